The first-order valence-electron chi connectivity index (χ1n) is 8.89. The summed E-state index contributed by atoms with van der Waals surface area (Å²) in [6.45, 7) is 11.5. The first-order valence-corrected chi connectivity index (χ1v) is 10.6. The molecule has 2 aromatic rings. The Balaban J connectivity index is 1.66. The molecule has 0 aromatic carbocycles. The van der Waals surface area contributed by atoms with Crippen LogP contribution in [0.2, 0.25) is 0 Å². The maximum atomic E-state index is 5.43. The standard InChI is InChI=1S/C18H27N3OS2/c1-3-7-21(8-4-2)18-19-16(14-23-18)17-6-5-15(24-17)13-20-9-11-22-12-10-20/h5-6,14H,3-4,7-13H2,1-2H3. The van der Waals surface area contributed by atoms with Gasteiger partial charge < -0.3 is 9.64 Å². The summed E-state index contributed by atoms with van der Waals surface area (Å²) in [6, 6.07) is 4.48. The van der Waals surface area contributed by atoms with Crippen molar-refractivity contribution in [2.75, 3.05) is 44.3 Å². The zero-order valence-corrected chi connectivity index (χ0v) is 16.3. The molecule has 24 heavy (non-hydrogen) atoms. The molecule has 0 bridgehead atoms. The Morgan fingerprint density at radius 2 is 1.92 bits per heavy atom. The maximum absolute atomic E-state index is 5.43. The fourth-order valence-electron chi connectivity index (χ4n) is 2.95. The highest BCUT2D eigenvalue weighted by Crippen LogP contribution is 2.32. The molecule has 1 aliphatic rings. The van der Waals surface area contributed by atoms with Crippen molar-refractivity contribution in [1.29, 1.82) is 0 Å². The number of thiazole rings is 1. The minimum Gasteiger partial charge on any atom is -0.379 e. The summed E-state index contributed by atoms with van der Waals surface area (Å²) in [5.41, 5.74) is 1.13. The van der Waals surface area contributed by atoms with Gasteiger partial charge in [-0.1, -0.05) is 13.8 Å². The van der Waals surface area contributed by atoms with Gasteiger partial charge in [-0.2, -0.15) is 0 Å². The van der Waals surface area contributed by atoms with Crippen LogP contribution in [0.5, 0.6) is 0 Å². The number of anilines is 1. The Morgan fingerprint density at radius 3 is 2.62 bits per heavy atom. The maximum Gasteiger partial charge on any atom is 0.185 e. The second-order valence-corrected chi connectivity index (χ2v) is 8.16. The molecular formula is C18H27N3OS2. The molecule has 0 atom stereocenters. The summed E-state index contributed by atoms with van der Waals surface area (Å²) < 4.78 is 5.43. The predicted octanol–water partition coefficient (Wildman–Crippen LogP) is 4.33. The van der Waals surface area contributed by atoms with E-state index in [-0.39, 0.29) is 0 Å². The molecule has 132 valence electrons. The zero-order valence-electron chi connectivity index (χ0n) is 14.7. The molecule has 3 rings (SSSR count). The van der Waals surface area contributed by atoms with Crippen LogP contribution in [-0.2, 0) is 11.3 Å². The Bertz CT molecular complexity index is 613. The molecule has 1 fully saturated rings. The summed E-state index contributed by atoms with van der Waals surface area (Å²) in [7, 11) is 0. The normalized spacial score (nSPS) is 15.8. The van der Waals surface area contributed by atoms with Gasteiger partial charge in [0, 0.05) is 43.0 Å². The topological polar surface area (TPSA) is 28.6 Å². The lowest BCUT2D eigenvalue weighted by Crippen LogP contribution is -2.35. The van der Waals surface area contributed by atoms with Crippen molar-refractivity contribution in [3.63, 3.8) is 0 Å². The summed E-state index contributed by atoms with van der Waals surface area (Å²) in [5, 5.41) is 3.37. The molecule has 0 unspecified atom stereocenters. The number of nitrogens with zero attached hydrogens (tertiary/aromatic N) is 3. The third kappa shape index (κ3) is 4.57. The zero-order chi connectivity index (χ0) is 16.8. The van der Waals surface area contributed by atoms with Crippen LogP contribution in [0.1, 0.15) is 31.6 Å². The van der Waals surface area contributed by atoms with Gasteiger partial charge >= 0.3 is 0 Å². The Hall–Kier alpha value is -0.950. The van der Waals surface area contributed by atoms with Crippen molar-refractivity contribution >= 4 is 27.8 Å². The van der Waals surface area contributed by atoms with Gasteiger partial charge in [-0.3, -0.25) is 4.90 Å². The molecule has 0 radical (unpaired) electrons. The monoisotopic (exact) mass is 365 g/mol. The van der Waals surface area contributed by atoms with Gasteiger partial charge in [-0.25, -0.2) is 4.98 Å². The van der Waals surface area contributed by atoms with Crippen LogP contribution in [0.4, 0.5) is 5.13 Å². The third-order valence-corrected chi connectivity index (χ3v) is 6.14. The van der Waals surface area contributed by atoms with Crippen molar-refractivity contribution in [1.82, 2.24) is 9.88 Å². The van der Waals surface area contributed by atoms with Crippen LogP contribution < -0.4 is 4.90 Å². The molecule has 0 spiro atoms. The average Bonchev–Trinajstić information content (AvgIpc) is 3.25. The van der Waals surface area contributed by atoms with Crippen LogP contribution >= 0.6 is 22.7 Å². The van der Waals surface area contributed by atoms with Gasteiger partial charge in [0.25, 0.3) is 0 Å². The molecule has 0 saturated carbocycles. The number of hydrogen-bond donors (Lipinski definition) is 0. The van der Waals surface area contributed by atoms with Crippen molar-refractivity contribution in [3.8, 4) is 10.6 Å². The second kappa shape index (κ2) is 8.94. The molecule has 0 aliphatic carbocycles. The molecule has 4 nitrogen and oxygen atoms in total. The average molecular weight is 366 g/mol. The Labute approximate surface area is 153 Å². The largest absolute Gasteiger partial charge is 0.379 e. The van der Waals surface area contributed by atoms with Gasteiger partial charge in [-0.05, 0) is 25.0 Å². The number of morpholine rings is 1. The summed E-state index contributed by atoms with van der Waals surface area (Å²) >= 11 is 3.65. The molecule has 1 aliphatic heterocycles. The smallest absolute Gasteiger partial charge is 0.185 e. The molecule has 0 N–H and O–H groups in total. The number of ether oxygens (including phenoxy) is 1. The van der Waals surface area contributed by atoms with E-state index in [1.54, 1.807) is 11.3 Å². The van der Waals surface area contributed by atoms with E-state index < -0.39 is 0 Å². The SMILES string of the molecule is CCCN(CCC)c1nc(-c2ccc(CN3CCOCC3)s2)cs1. The molecule has 0 amide bonds. The molecular weight excluding hydrogens is 338 g/mol. The van der Waals surface area contributed by atoms with Crippen LogP contribution in [0, 0.1) is 0 Å². The minimum absolute atomic E-state index is 0.859. The number of aromatic nitrogens is 1. The third-order valence-electron chi connectivity index (χ3n) is 4.15. The lowest BCUT2D eigenvalue weighted by atomic mass is 10.3. The summed E-state index contributed by atoms with van der Waals surface area (Å²) in [5.74, 6) is 0. The van der Waals surface area contributed by atoms with Crippen LogP contribution in [-0.4, -0.2) is 49.3 Å². The number of hydrogen-bond acceptors (Lipinski definition) is 6. The van der Waals surface area contributed by atoms with E-state index in [1.165, 1.54) is 9.75 Å². The van der Waals surface area contributed by atoms with E-state index >= 15 is 0 Å². The number of thiophene rings is 1. The first-order chi connectivity index (χ1) is 11.8. The highest BCUT2D eigenvalue weighted by molar-refractivity contribution is 7.17. The van der Waals surface area contributed by atoms with E-state index in [4.69, 9.17) is 9.72 Å². The molecule has 6 heteroatoms. The van der Waals surface area contributed by atoms with Crippen molar-refractivity contribution in [2.45, 2.75) is 33.2 Å². The van der Waals surface area contributed by atoms with Gasteiger partial charge in [0.2, 0.25) is 0 Å². The van der Waals surface area contributed by atoms with Crippen LogP contribution in [0.15, 0.2) is 17.5 Å². The van der Waals surface area contributed by atoms with Gasteiger partial charge in [0.05, 0.1) is 23.8 Å². The fourth-order valence-corrected chi connectivity index (χ4v) is 4.91. The van der Waals surface area contributed by atoms with Crippen molar-refractivity contribution in [3.05, 3.63) is 22.4 Å². The lowest BCUT2D eigenvalue weighted by molar-refractivity contribution is 0.0346. The van der Waals surface area contributed by atoms with Gasteiger partial charge in [-0.15, -0.1) is 22.7 Å². The van der Waals surface area contributed by atoms with E-state index in [2.05, 4.69) is 41.2 Å². The van der Waals surface area contributed by atoms with E-state index in [0.29, 0.717) is 0 Å². The van der Waals surface area contributed by atoms with E-state index in [1.807, 2.05) is 11.3 Å². The molecule has 3 heterocycles. The van der Waals surface area contributed by atoms with E-state index in [0.717, 1.165) is 69.6 Å². The highest BCUT2D eigenvalue weighted by atomic mass is 32.1. The fraction of sp³-hybridized carbons (Fsp3) is 0.611. The first kappa shape index (κ1) is 17.9. The summed E-state index contributed by atoms with van der Waals surface area (Å²) in [6.07, 6.45) is 2.33. The van der Waals surface area contributed by atoms with Crippen LogP contribution in [0.3, 0.4) is 0 Å². The summed E-state index contributed by atoms with van der Waals surface area (Å²) in [4.78, 5) is 12.5. The Morgan fingerprint density at radius 1 is 1.17 bits per heavy atom. The predicted molar refractivity (Wildman–Crippen MR) is 104 cm³/mol. The van der Waals surface area contributed by atoms with Crippen molar-refractivity contribution in [2.24, 2.45) is 0 Å². The van der Waals surface area contributed by atoms with Gasteiger partial charge in [0.15, 0.2) is 5.13 Å². The Kier molecular flexibility index (Phi) is 6.66. The van der Waals surface area contributed by atoms with E-state index in [9.17, 15) is 0 Å². The minimum atomic E-state index is 0.859. The quantitative estimate of drug-likeness (QED) is 0.696. The highest BCUT2D eigenvalue weighted by Gasteiger charge is 2.15. The van der Waals surface area contributed by atoms with Gasteiger partial charge in [0.1, 0.15) is 0 Å². The molecule has 1 saturated heterocycles. The lowest BCUT2D eigenvalue weighted by Gasteiger charge is -2.25. The molecule has 2 aromatic heterocycles. The van der Waals surface area contributed by atoms with Crippen LogP contribution in [0.25, 0.3) is 10.6 Å². The second-order valence-electron chi connectivity index (χ2n) is 6.16. The number of rotatable bonds is 8. The van der Waals surface area contributed by atoms with Crippen molar-refractivity contribution < 1.29 is 4.74 Å².